The number of nitrogens with one attached hydrogen (secondary N) is 2. The molecule has 0 saturated carbocycles. The van der Waals surface area contributed by atoms with Crippen molar-refractivity contribution in [3.8, 4) is 0 Å². The molecule has 3 N–H and O–H groups in total. The van der Waals surface area contributed by atoms with E-state index in [-0.39, 0.29) is 6.61 Å². The van der Waals surface area contributed by atoms with Crippen LogP contribution in [0.1, 0.15) is 6.42 Å². The van der Waals surface area contributed by atoms with Gasteiger partial charge < -0.3 is 19.9 Å². The molecule has 0 aliphatic rings. The van der Waals surface area contributed by atoms with E-state index in [1.54, 1.807) is 0 Å². The first kappa shape index (κ1) is 14.8. The van der Waals surface area contributed by atoms with E-state index in [0.717, 1.165) is 34.0 Å². The van der Waals surface area contributed by atoms with Gasteiger partial charge in [0.2, 0.25) is 0 Å². The molecule has 0 amide bonds. The third-order valence-corrected chi connectivity index (χ3v) is 5.58. The molecular formula is C22H18N4O. The standard InChI is InChI=1S/C22H18N4O/c27-11-5-10-26-17-9-4-2-7-14(17)19-20-15(12-23-25-20)18-13-6-1-3-8-16(13)24-21(18)22(19)26/h1-4,6-9,12,23,25,27H,5,10-11H2. The van der Waals surface area contributed by atoms with Crippen LogP contribution in [-0.4, -0.2) is 31.5 Å². The fraction of sp³-hybridized carbons (Fsp3) is 0.136. The first-order chi connectivity index (χ1) is 13.4. The van der Waals surface area contributed by atoms with Crippen LogP contribution >= 0.6 is 0 Å². The van der Waals surface area contributed by atoms with Crippen LogP contribution in [0.5, 0.6) is 0 Å². The van der Waals surface area contributed by atoms with Gasteiger partial charge in [0.25, 0.3) is 0 Å². The van der Waals surface area contributed by atoms with Gasteiger partial charge in [-0.15, -0.1) is 0 Å². The average Bonchev–Trinajstić information content (AvgIpc) is 3.39. The summed E-state index contributed by atoms with van der Waals surface area (Å²) in [5.41, 5.74) is 5.47. The highest BCUT2D eigenvalue weighted by molar-refractivity contribution is 6.34. The molecule has 3 heterocycles. The van der Waals surface area contributed by atoms with E-state index in [1.165, 1.54) is 27.1 Å². The molecule has 0 bridgehead atoms. The molecule has 27 heavy (non-hydrogen) atoms. The highest BCUT2D eigenvalue weighted by atomic mass is 16.3. The molecule has 0 aliphatic heterocycles. The van der Waals surface area contributed by atoms with E-state index in [1.807, 2.05) is 12.3 Å². The second-order valence-corrected chi connectivity index (χ2v) is 7.02. The Kier molecular flexibility index (Phi) is 2.93. The van der Waals surface area contributed by atoms with Crippen LogP contribution < -0.4 is 0 Å². The van der Waals surface area contributed by atoms with Gasteiger partial charge in [0.05, 0.1) is 22.1 Å². The fourth-order valence-electron chi connectivity index (χ4n) is 4.51. The quantitative estimate of drug-likeness (QED) is 0.431. The van der Waals surface area contributed by atoms with E-state index >= 15 is 0 Å². The second kappa shape index (κ2) is 5.34. The molecule has 0 aliphatic carbocycles. The van der Waals surface area contributed by atoms with Crippen molar-refractivity contribution < 1.29 is 5.11 Å². The number of aromatic nitrogens is 4. The average molecular weight is 354 g/mol. The van der Waals surface area contributed by atoms with Gasteiger partial charge in [-0.1, -0.05) is 36.4 Å². The van der Waals surface area contributed by atoms with Gasteiger partial charge in [-0.2, -0.15) is 0 Å². The van der Waals surface area contributed by atoms with Gasteiger partial charge in [-0.05, 0) is 18.6 Å². The van der Waals surface area contributed by atoms with E-state index in [9.17, 15) is 5.11 Å². The lowest BCUT2D eigenvalue weighted by atomic mass is 10.0. The number of aryl methyl sites for hydroxylation is 1. The van der Waals surface area contributed by atoms with Crippen molar-refractivity contribution in [3.63, 3.8) is 0 Å². The molecule has 5 nitrogen and oxygen atoms in total. The number of H-pyrrole nitrogens is 2. The first-order valence-electron chi connectivity index (χ1n) is 9.26. The van der Waals surface area contributed by atoms with E-state index in [0.29, 0.717) is 6.42 Å². The van der Waals surface area contributed by atoms with Crippen LogP contribution in [-0.2, 0) is 6.54 Å². The van der Waals surface area contributed by atoms with Crippen LogP contribution in [0, 0.1) is 0 Å². The van der Waals surface area contributed by atoms with Crippen LogP contribution in [0.2, 0.25) is 0 Å². The van der Waals surface area contributed by atoms with Crippen molar-refractivity contribution in [2.45, 2.75) is 13.0 Å². The van der Waals surface area contributed by atoms with Gasteiger partial charge in [-0.3, -0.25) is 0 Å². The Morgan fingerprint density at radius 3 is 2.63 bits per heavy atom. The smallest absolute Gasteiger partial charge is 0.0967 e. The number of aliphatic hydroxyl groups excluding tert-OH is 1. The third kappa shape index (κ3) is 1.84. The zero-order valence-electron chi connectivity index (χ0n) is 14.7. The lowest BCUT2D eigenvalue weighted by Gasteiger charge is -2.07. The third-order valence-electron chi connectivity index (χ3n) is 5.58. The number of aliphatic hydroxyl groups is 1. The Bertz CT molecular complexity index is 1470. The molecule has 0 fully saturated rings. The number of para-hydroxylation sites is 2. The maximum absolute atomic E-state index is 9.44. The molecule has 0 atom stereocenters. The predicted molar refractivity (Wildman–Crippen MR) is 110 cm³/mol. The molecule has 6 rings (SSSR count). The largest absolute Gasteiger partial charge is 0.396 e. The van der Waals surface area contributed by atoms with E-state index in [2.05, 4.69) is 57.2 Å². The Morgan fingerprint density at radius 1 is 0.926 bits per heavy atom. The van der Waals surface area contributed by atoms with Crippen molar-refractivity contribution in [3.05, 3.63) is 54.7 Å². The number of rotatable bonds is 3. The normalized spacial score (nSPS) is 12.3. The molecule has 6 aromatic rings. The van der Waals surface area contributed by atoms with Crippen LogP contribution in [0.3, 0.4) is 0 Å². The van der Waals surface area contributed by atoms with Crippen molar-refractivity contribution in [1.82, 2.24) is 19.7 Å². The minimum atomic E-state index is 0.173. The lowest BCUT2D eigenvalue weighted by molar-refractivity contribution is 0.281. The molecule has 3 aromatic carbocycles. The van der Waals surface area contributed by atoms with Gasteiger partial charge in [0, 0.05) is 51.8 Å². The number of hydrogen-bond acceptors (Lipinski definition) is 2. The monoisotopic (exact) mass is 354 g/mol. The summed E-state index contributed by atoms with van der Waals surface area (Å²) >= 11 is 0. The summed E-state index contributed by atoms with van der Waals surface area (Å²) in [5.74, 6) is 0. The molecule has 0 saturated heterocycles. The molecule has 5 heteroatoms. The van der Waals surface area contributed by atoms with Crippen molar-refractivity contribution in [2.75, 3.05) is 6.61 Å². The van der Waals surface area contributed by atoms with Gasteiger partial charge in [-0.25, -0.2) is 4.98 Å². The highest BCUT2D eigenvalue weighted by Crippen LogP contribution is 2.42. The zero-order valence-corrected chi connectivity index (χ0v) is 14.7. The second-order valence-electron chi connectivity index (χ2n) is 7.02. The Labute approximate surface area is 154 Å². The zero-order chi connectivity index (χ0) is 18.0. The number of aromatic amines is 2. The molecule has 0 spiro atoms. The maximum Gasteiger partial charge on any atom is 0.0967 e. The maximum atomic E-state index is 9.44. The number of benzene rings is 3. The summed E-state index contributed by atoms with van der Waals surface area (Å²) in [5, 5.41) is 21.9. The SMILES string of the molecule is OCCCn1c2ccccc2c2c3[nH][nH]cc3c3c4ccccc4nc3c21. The van der Waals surface area contributed by atoms with E-state index in [4.69, 9.17) is 4.98 Å². The molecule has 0 unspecified atom stereocenters. The van der Waals surface area contributed by atoms with E-state index < -0.39 is 0 Å². The summed E-state index contributed by atoms with van der Waals surface area (Å²) in [4.78, 5) is 5.03. The number of fused-ring (bicyclic) bond motifs is 10. The van der Waals surface area contributed by atoms with Crippen molar-refractivity contribution >= 4 is 54.5 Å². The number of hydrogen-bond donors (Lipinski definition) is 3. The number of nitrogens with zero attached hydrogens (tertiary/aromatic N) is 2. The van der Waals surface area contributed by atoms with Crippen LogP contribution in [0.15, 0.2) is 54.7 Å². The first-order valence-corrected chi connectivity index (χ1v) is 9.26. The lowest BCUT2D eigenvalue weighted by Crippen LogP contribution is -2.00. The van der Waals surface area contributed by atoms with Gasteiger partial charge >= 0.3 is 0 Å². The summed E-state index contributed by atoms with van der Waals surface area (Å²) in [7, 11) is 0. The Morgan fingerprint density at radius 2 is 1.74 bits per heavy atom. The minimum absolute atomic E-state index is 0.173. The Balaban J connectivity index is 1.96. The van der Waals surface area contributed by atoms with Gasteiger partial charge in [0.1, 0.15) is 0 Å². The predicted octanol–water partition coefficient (Wildman–Crippen LogP) is 4.69. The van der Waals surface area contributed by atoms with Crippen LogP contribution in [0.25, 0.3) is 54.5 Å². The molecule has 0 radical (unpaired) electrons. The van der Waals surface area contributed by atoms with Crippen molar-refractivity contribution in [1.29, 1.82) is 0 Å². The Hall–Kier alpha value is -3.31. The molecule has 132 valence electrons. The highest BCUT2D eigenvalue weighted by Gasteiger charge is 2.21. The summed E-state index contributed by atoms with van der Waals surface area (Å²) < 4.78 is 2.31. The summed E-state index contributed by atoms with van der Waals surface area (Å²) in [6, 6.07) is 16.8. The fourth-order valence-corrected chi connectivity index (χ4v) is 4.51. The van der Waals surface area contributed by atoms with Crippen LogP contribution in [0.4, 0.5) is 0 Å². The topological polar surface area (TPSA) is 69.6 Å². The summed E-state index contributed by atoms with van der Waals surface area (Å²) in [6.07, 6.45) is 2.75. The molecule has 3 aromatic heterocycles. The minimum Gasteiger partial charge on any atom is -0.396 e. The van der Waals surface area contributed by atoms with Gasteiger partial charge in [0.15, 0.2) is 0 Å². The molecular weight excluding hydrogens is 336 g/mol. The summed E-state index contributed by atoms with van der Waals surface area (Å²) in [6.45, 7) is 0.931. The van der Waals surface area contributed by atoms with Crippen molar-refractivity contribution in [2.24, 2.45) is 0 Å².